The fourth-order valence-electron chi connectivity index (χ4n) is 1.47. The maximum Gasteiger partial charge on any atom is 0.265 e. The highest BCUT2D eigenvalue weighted by molar-refractivity contribution is 7.86. The molecule has 1 heterocycles. The van der Waals surface area contributed by atoms with Gasteiger partial charge in [-0.2, -0.15) is 8.42 Å². The molecule has 2 aromatic rings. The van der Waals surface area contributed by atoms with Crippen molar-refractivity contribution >= 4 is 10.1 Å². The molecule has 0 unspecified atom stereocenters. The highest BCUT2D eigenvalue weighted by atomic mass is 32.2. The van der Waals surface area contributed by atoms with Crippen LogP contribution >= 0.6 is 0 Å². The van der Waals surface area contributed by atoms with E-state index in [1.165, 1.54) is 0 Å². The Labute approximate surface area is 117 Å². The average Bonchev–Trinajstić information content (AvgIpc) is 2.76. The molecule has 0 aliphatic rings. The summed E-state index contributed by atoms with van der Waals surface area (Å²) in [5.41, 5.74) is 1.33. The summed E-state index contributed by atoms with van der Waals surface area (Å²) in [7, 11) is -3.47. The highest BCUT2D eigenvalue weighted by Gasteiger charge is 2.09. The molecule has 1 aromatic carbocycles. The van der Waals surface area contributed by atoms with E-state index in [2.05, 4.69) is 21.0 Å². The van der Waals surface area contributed by atoms with Gasteiger partial charge >= 0.3 is 0 Å². The lowest BCUT2D eigenvalue weighted by Crippen LogP contribution is -2.02. The van der Waals surface area contributed by atoms with Crippen molar-refractivity contribution in [2.24, 2.45) is 0 Å². The third-order valence-corrected chi connectivity index (χ3v) is 2.92. The van der Waals surface area contributed by atoms with Gasteiger partial charge < -0.3 is 4.42 Å². The van der Waals surface area contributed by atoms with Gasteiger partial charge in [-0.15, -0.1) is 0 Å². The van der Waals surface area contributed by atoms with Crippen molar-refractivity contribution in [3.8, 4) is 23.3 Å². The summed E-state index contributed by atoms with van der Waals surface area (Å²) in [6, 6.07) is 9.45. The first-order valence-corrected chi connectivity index (χ1v) is 7.63. The number of benzene rings is 1. The summed E-state index contributed by atoms with van der Waals surface area (Å²) in [6.45, 7) is 1.55. The van der Waals surface area contributed by atoms with Crippen molar-refractivity contribution in [2.75, 3.05) is 12.9 Å². The van der Waals surface area contributed by atoms with Crippen LogP contribution in [0.2, 0.25) is 0 Å². The van der Waals surface area contributed by atoms with Gasteiger partial charge in [0.1, 0.15) is 12.4 Å². The largest absolute Gasteiger partial charge is 0.440 e. The molecular weight excluding hydrogens is 278 g/mol. The standard InChI is InChI=1S/C14H13NO4S/c1-11-13(9-6-10-18-20(2,16)17)15-14(19-11)12-7-4-3-5-8-12/h3-5,7-8H,10H2,1-2H3. The minimum absolute atomic E-state index is 0.203. The zero-order valence-corrected chi connectivity index (χ0v) is 11.9. The second-order valence-corrected chi connectivity index (χ2v) is 5.70. The summed E-state index contributed by atoms with van der Waals surface area (Å²) >= 11 is 0. The molecule has 0 saturated carbocycles. The number of oxazole rings is 1. The van der Waals surface area contributed by atoms with Crippen LogP contribution in [-0.4, -0.2) is 26.3 Å². The molecular formula is C14H13NO4S. The van der Waals surface area contributed by atoms with E-state index in [4.69, 9.17) is 4.42 Å². The molecule has 5 nitrogen and oxygen atoms in total. The Bertz CT molecular complexity index is 751. The third kappa shape index (κ3) is 3.95. The zero-order valence-electron chi connectivity index (χ0n) is 11.1. The van der Waals surface area contributed by atoms with Crippen LogP contribution in [0, 0.1) is 18.8 Å². The Kier molecular flexibility index (Phi) is 4.23. The number of aryl methyl sites for hydroxylation is 1. The maximum atomic E-state index is 10.8. The van der Waals surface area contributed by atoms with E-state index in [9.17, 15) is 8.42 Å². The molecule has 0 N–H and O–H groups in total. The van der Waals surface area contributed by atoms with Crippen molar-refractivity contribution in [3.05, 3.63) is 41.8 Å². The molecule has 0 spiro atoms. The SMILES string of the molecule is Cc1oc(-c2ccccc2)nc1C#CCOS(C)(=O)=O. The van der Waals surface area contributed by atoms with Crippen LogP contribution in [0.3, 0.4) is 0 Å². The predicted molar refractivity (Wildman–Crippen MR) is 74.3 cm³/mol. The van der Waals surface area contributed by atoms with Crippen molar-refractivity contribution in [2.45, 2.75) is 6.92 Å². The Morgan fingerprint density at radius 3 is 2.65 bits per heavy atom. The van der Waals surface area contributed by atoms with Gasteiger partial charge in [0.25, 0.3) is 10.1 Å². The lowest BCUT2D eigenvalue weighted by atomic mass is 10.2. The predicted octanol–water partition coefficient (Wildman–Crippen LogP) is 1.98. The van der Waals surface area contributed by atoms with Gasteiger partial charge in [-0.05, 0) is 25.0 Å². The fourth-order valence-corrected chi connectivity index (χ4v) is 1.75. The molecule has 0 fully saturated rings. The van der Waals surface area contributed by atoms with Crippen LogP contribution < -0.4 is 0 Å². The first kappa shape index (κ1) is 14.3. The lowest BCUT2D eigenvalue weighted by Gasteiger charge is -1.91. The normalized spacial score (nSPS) is 10.9. The Balaban J connectivity index is 2.15. The summed E-state index contributed by atoms with van der Waals surface area (Å²) in [4.78, 5) is 4.27. The number of hydrogen-bond acceptors (Lipinski definition) is 5. The van der Waals surface area contributed by atoms with Gasteiger partial charge in [-0.3, -0.25) is 4.18 Å². The van der Waals surface area contributed by atoms with Gasteiger partial charge in [0.05, 0.1) is 6.26 Å². The Morgan fingerprint density at radius 2 is 2.00 bits per heavy atom. The van der Waals surface area contributed by atoms with Crippen molar-refractivity contribution in [1.82, 2.24) is 4.98 Å². The summed E-state index contributed by atoms with van der Waals surface area (Å²) in [5, 5.41) is 0. The van der Waals surface area contributed by atoms with Gasteiger partial charge in [-0.1, -0.05) is 24.1 Å². The van der Waals surface area contributed by atoms with Crippen LogP contribution in [0.4, 0.5) is 0 Å². The van der Waals surface area contributed by atoms with Gasteiger partial charge in [0, 0.05) is 5.56 Å². The molecule has 0 atom stereocenters. The molecule has 1 aromatic heterocycles. The van der Waals surface area contributed by atoms with Gasteiger partial charge in [0.15, 0.2) is 5.69 Å². The molecule has 0 radical (unpaired) electrons. The van der Waals surface area contributed by atoms with Crippen molar-refractivity contribution in [1.29, 1.82) is 0 Å². The van der Waals surface area contributed by atoms with E-state index in [1.54, 1.807) is 6.92 Å². The number of nitrogens with zero attached hydrogens (tertiary/aromatic N) is 1. The molecule has 0 aliphatic heterocycles. The summed E-state index contributed by atoms with van der Waals surface area (Å²) in [5.74, 6) is 6.38. The van der Waals surface area contributed by atoms with E-state index in [0.717, 1.165) is 11.8 Å². The highest BCUT2D eigenvalue weighted by Crippen LogP contribution is 2.20. The first-order valence-electron chi connectivity index (χ1n) is 5.82. The van der Waals surface area contributed by atoms with E-state index in [1.807, 2.05) is 30.3 Å². The van der Waals surface area contributed by atoms with E-state index >= 15 is 0 Å². The maximum absolute atomic E-state index is 10.8. The number of rotatable bonds is 3. The van der Waals surface area contributed by atoms with E-state index in [0.29, 0.717) is 17.3 Å². The molecule has 20 heavy (non-hydrogen) atoms. The summed E-state index contributed by atoms with van der Waals surface area (Å²) < 4.78 is 31.6. The van der Waals surface area contributed by atoms with Crippen LogP contribution in [0.15, 0.2) is 34.7 Å². The summed E-state index contributed by atoms with van der Waals surface area (Å²) in [6.07, 6.45) is 0.976. The second-order valence-electron chi connectivity index (χ2n) is 4.06. The molecule has 0 amide bonds. The molecule has 104 valence electrons. The monoisotopic (exact) mass is 291 g/mol. The zero-order chi connectivity index (χ0) is 14.6. The van der Waals surface area contributed by atoms with Gasteiger partial charge in [-0.25, -0.2) is 4.98 Å². The van der Waals surface area contributed by atoms with E-state index < -0.39 is 10.1 Å². The van der Waals surface area contributed by atoms with E-state index in [-0.39, 0.29) is 6.61 Å². The Morgan fingerprint density at radius 1 is 1.30 bits per heavy atom. The Hall–Kier alpha value is -2.10. The minimum atomic E-state index is -3.47. The molecule has 0 bridgehead atoms. The van der Waals surface area contributed by atoms with Crippen molar-refractivity contribution in [3.63, 3.8) is 0 Å². The molecule has 0 saturated heterocycles. The molecule has 2 rings (SSSR count). The smallest absolute Gasteiger partial charge is 0.265 e. The molecule has 0 aliphatic carbocycles. The topological polar surface area (TPSA) is 69.4 Å². The van der Waals surface area contributed by atoms with Crippen molar-refractivity contribution < 1.29 is 17.0 Å². The molecule has 6 heteroatoms. The number of aromatic nitrogens is 1. The quantitative estimate of drug-likeness (QED) is 0.639. The van der Waals surface area contributed by atoms with Crippen LogP contribution in [0.5, 0.6) is 0 Å². The van der Waals surface area contributed by atoms with Crippen LogP contribution in [-0.2, 0) is 14.3 Å². The number of hydrogen-bond donors (Lipinski definition) is 0. The third-order valence-electron chi connectivity index (χ3n) is 2.37. The fraction of sp³-hybridized carbons (Fsp3) is 0.214. The van der Waals surface area contributed by atoms with Crippen LogP contribution in [0.1, 0.15) is 11.5 Å². The van der Waals surface area contributed by atoms with Gasteiger partial charge in [0.2, 0.25) is 5.89 Å². The minimum Gasteiger partial charge on any atom is -0.440 e. The second kappa shape index (κ2) is 5.90. The lowest BCUT2D eigenvalue weighted by molar-refractivity contribution is 0.368. The first-order chi connectivity index (χ1) is 9.46. The average molecular weight is 291 g/mol. The van der Waals surface area contributed by atoms with Crippen LogP contribution in [0.25, 0.3) is 11.5 Å².